The van der Waals surface area contributed by atoms with Crippen molar-refractivity contribution in [3.63, 3.8) is 0 Å². The Kier molecular flexibility index (Phi) is 3.21. The molecular weight excluding hydrogens is 240 g/mol. The van der Waals surface area contributed by atoms with Crippen molar-refractivity contribution in [3.05, 3.63) is 29.8 Å². The number of rotatable bonds is 4. The Hall–Kier alpha value is -0.610. The maximum absolute atomic E-state index is 12.2. The SMILES string of the molecule is CC(C)(N)C1(c2ccc(SC(F)F)cc2)CC1. The molecule has 1 fully saturated rings. The molecule has 0 aromatic heterocycles. The van der Waals surface area contributed by atoms with Gasteiger partial charge in [0.25, 0.3) is 5.76 Å². The number of halogens is 2. The Morgan fingerprint density at radius 3 is 2.12 bits per heavy atom. The minimum absolute atomic E-state index is 0.0427. The number of hydrogen-bond donors (Lipinski definition) is 1. The van der Waals surface area contributed by atoms with Gasteiger partial charge in [0.05, 0.1) is 0 Å². The van der Waals surface area contributed by atoms with Crippen LogP contribution in [0.5, 0.6) is 0 Å². The maximum Gasteiger partial charge on any atom is 0.288 e. The molecule has 0 amide bonds. The van der Waals surface area contributed by atoms with E-state index in [4.69, 9.17) is 5.73 Å². The van der Waals surface area contributed by atoms with Crippen molar-refractivity contribution in [2.24, 2.45) is 5.73 Å². The first-order valence-electron chi connectivity index (χ1n) is 5.69. The van der Waals surface area contributed by atoms with Gasteiger partial charge in [-0.15, -0.1) is 0 Å². The number of alkyl halides is 2. The first-order chi connectivity index (χ1) is 7.85. The van der Waals surface area contributed by atoms with Gasteiger partial charge in [-0.1, -0.05) is 23.9 Å². The Labute approximate surface area is 105 Å². The van der Waals surface area contributed by atoms with Crippen molar-refractivity contribution in [1.29, 1.82) is 0 Å². The molecule has 0 unspecified atom stereocenters. The van der Waals surface area contributed by atoms with Crippen LogP contribution in [0.1, 0.15) is 32.3 Å². The first kappa shape index (κ1) is 12.8. The quantitative estimate of drug-likeness (QED) is 0.831. The molecule has 0 heterocycles. The number of benzene rings is 1. The van der Waals surface area contributed by atoms with Crippen LogP contribution in [0.3, 0.4) is 0 Å². The van der Waals surface area contributed by atoms with Crippen LogP contribution in [0, 0.1) is 0 Å². The molecule has 1 aromatic carbocycles. The van der Waals surface area contributed by atoms with E-state index in [9.17, 15) is 8.78 Å². The largest absolute Gasteiger partial charge is 0.325 e. The molecule has 1 aliphatic carbocycles. The highest BCUT2D eigenvalue weighted by Gasteiger charge is 2.53. The number of nitrogens with two attached hydrogens (primary N) is 1. The fraction of sp³-hybridized carbons (Fsp3) is 0.538. The fourth-order valence-corrected chi connectivity index (χ4v) is 2.88. The summed E-state index contributed by atoms with van der Waals surface area (Å²) < 4.78 is 24.4. The van der Waals surface area contributed by atoms with Gasteiger partial charge < -0.3 is 5.73 Å². The molecule has 0 aliphatic heterocycles. The lowest BCUT2D eigenvalue weighted by Crippen LogP contribution is -2.45. The van der Waals surface area contributed by atoms with E-state index in [2.05, 4.69) is 0 Å². The lowest BCUT2D eigenvalue weighted by atomic mass is 9.79. The third-order valence-corrected chi connectivity index (χ3v) is 4.34. The van der Waals surface area contributed by atoms with E-state index < -0.39 is 5.76 Å². The second-order valence-corrected chi connectivity index (χ2v) is 6.27. The topological polar surface area (TPSA) is 26.0 Å². The molecule has 1 aromatic rings. The summed E-state index contributed by atoms with van der Waals surface area (Å²) in [6.45, 7) is 4.06. The molecule has 0 bridgehead atoms. The van der Waals surface area contributed by atoms with E-state index in [1.165, 1.54) is 5.56 Å². The van der Waals surface area contributed by atoms with Gasteiger partial charge in [-0.25, -0.2) is 0 Å². The molecule has 0 radical (unpaired) electrons. The van der Waals surface area contributed by atoms with Crippen molar-refractivity contribution >= 4 is 11.8 Å². The van der Waals surface area contributed by atoms with Gasteiger partial charge in [0.1, 0.15) is 0 Å². The third kappa shape index (κ3) is 2.47. The summed E-state index contributed by atoms with van der Waals surface area (Å²) >= 11 is 0.581. The minimum Gasteiger partial charge on any atom is -0.325 e. The zero-order valence-corrected chi connectivity index (χ0v) is 10.9. The minimum atomic E-state index is -2.36. The smallest absolute Gasteiger partial charge is 0.288 e. The highest BCUT2D eigenvalue weighted by molar-refractivity contribution is 7.99. The van der Waals surface area contributed by atoms with Gasteiger partial charge in [0.2, 0.25) is 0 Å². The van der Waals surface area contributed by atoms with Crippen LogP contribution in [-0.2, 0) is 5.41 Å². The van der Waals surface area contributed by atoms with Crippen LogP contribution in [0.2, 0.25) is 0 Å². The summed E-state index contributed by atoms with van der Waals surface area (Å²) in [6.07, 6.45) is 2.16. The van der Waals surface area contributed by atoms with Crippen LogP contribution in [0.4, 0.5) is 8.78 Å². The highest BCUT2D eigenvalue weighted by Crippen LogP contribution is 2.54. The van der Waals surface area contributed by atoms with Crippen molar-refractivity contribution in [2.45, 2.75) is 48.3 Å². The molecule has 1 saturated carbocycles. The van der Waals surface area contributed by atoms with E-state index in [0.29, 0.717) is 16.7 Å². The summed E-state index contributed by atoms with van der Waals surface area (Å²) in [4.78, 5) is 0.606. The van der Waals surface area contributed by atoms with Crippen LogP contribution >= 0.6 is 11.8 Å². The summed E-state index contributed by atoms with van der Waals surface area (Å²) in [6, 6.07) is 7.40. The Morgan fingerprint density at radius 1 is 1.24 bits per heavy atom. The van der Waals surface area contributed by atoms with E-state index in [1.54, 1.807) is 12.1 Å². The molecular formula is C13H17F2NS. The maximum atomic E-state index is 12.2. The van der Waals surface area contributed by atoms with Gasteiger partial charge in [0, 0.05) is 15.8 Å². The Bertz CT molecular complexity index is 391. The summed E-state index contributed by atoms with van der Waals surface area (Å²) in [5.74, 6) is -2.36. The van der Waals surface area contributed by atoms with Crippen LogP contribution in [0.15, 0.2) is 29.2 Å². The first-order valence-corrected chi connectivity index (χ1v) is 6.57. The van der Waals surface area contributed by atoms with Crippen LogP contribution in [-0.4, -0.2) is 11.3 Å². The van der Waals surface area contributed by atoms with Gasteiger partial charge in [-0.05, 0) is 44.4 Å². The summed E-state index contributed by atoms with van der Waals surface area (Å²) in [5, 5.41) is 0. The van der Waals surface area contributed by atoms with Crippen molar-refractivity contribution < 1.29 is 8.78 Å². The van der Waals surface area contributed by atoms with Crippen molar-refractivity contribution in [1.82, 2.24) is 0 Å². The zero-order valence-electron chi connectivity index (χ0n) is 10.0. The van der Waals surface area contributed by atoms with E-state index in [0.717, 1.165) is 12.8 Å². The van der Waals surface area contributed by atoms with Crippen LogP contribution < -0.4 is 5.73 Å². The standard InChI is InChI=1S/C13H17F2NS/c1-12(2,16)13(7-8-13)9-3-5-10(6-4-9)17-11(14)15/h3-6,11H,7-8,16H2,1-2H3. The molecule has 0 spiro atoms. The second-order valence-electron chi connectivity index (χ2n) is 5.21. The third-order valence-electron chi connectivity index (χ3n) is 3.62. The molecule has 2 N–H and O–H groups in total. The van der Waals surface area contributed by atoms with E-state index in [1.807, 2.05) is 26.0 Å². The molecule has 4 heteroatoms. The number of hydrogen-bond acceptors (Lipinski definition) is 2. The van der Waals surface area contributed by atoms with E-state index in [-0.39, 0.29) is 11.0 Å². The Morgan fingerprint density at radius 2 is 1.76 bits per heavy atom. The number of thioether (sulfide) groups is 1. The predicted molar refractivity (Wildman–Crippen MR) is 67.5 cm³/mol. The van der Waals surface area contributed by atoms with Crippen LogP contribution in [0.25, 0.3) is 0 Å². The summed E-state index contributed by atoms with van der Waals surface area (Å²) in [5.41, 5.74) is 7.15. The molecule has 94 valence electrons. The average Bonchev–Trinajstić information content (AvgIpc) is 2.97. The van der Waals surface area contributed by atoms with Crippen molar-refractivity contribution in [2.75, 3.05) is 0 Å². The molecule has 1 nitrogen and oxygen atoms in total. The van der Waals surface area contributed by atoms with Gasteiger partial charge in [-0.3, -0.25) is 0 Å². The monoisotopic (exact) mass is 257 g/mol. The molecule has 0 atom stereocenters. The average molecular weight is 257 g/mol. The lowest BCUT2D eigenvalue weighted by molar-refractivity contribution is 0.252. The fourth-order valence-electron chi connectivity index (χ4n) is 2.39. The Balaban J connectivity index is 2.19. The lowest BCUT2D eigenvalue weighted by Gasteiger charge is -2.31. The second kappa shape index (κ2) is 4.25. The predicted octanol–water partition coefficient (Wildman–Crippen LogP) is 3.77. The highest BCUT2D eigenvalue weighted by atomic mass is 32.2. The molecule has 17 heavy (non-hydrogen) atoms. The molecule has 1 aliphatic rings. The van der Waals surface area contributed by atoms with E-state index >= 15 is 0 Å². The molecule has 2 rings (SSSR count). The van der Waals surface area contributed by atoms with Crippen molar-refractivity contribution in [3.8, 4) is 0 Å². The normalized spacial score (nSPS) is 18.5. The van der Waals surface area contributed by atoms with Gasteiger partial charge in [-0.2, -0.15) is 8.78 Å². The van der Waals surface area contributed by atoms with Gasteiger partial charge in [0.15, 0.2) is 0 Å². The zero-order chi connectivity index (χ0) is 12.7. The summed E-state index contributed by atoms with van der Waals surface area (Å²) in [7, 11) is 0. The molecule has 0 saturated heterocycles. The van der Waals surface area contributed by atoms with Gasteiger partial charge >= 0.3 is 0 Å².